The Morgan fingerprint density at radius 1 is 1.47 bits per heavy atom. The van der Waals surface area contributed by atoms with E-state index in [1.807, 2.05) is 13.0 Å². The van der Waals surface area contributed by atoms with Crippen LogP contribution < -0.4 is 5.73 Å². The molecule has 0 saturated heterocycles. The van der Waals surface area contributed by atoms with Gasteiger partial charge in [-0.05, 0) is 18.6 Å². The van der Waals surface area contributed by atoms with Crippen LogP contribution in [0.4, 0.5) is 4.39 Å². The zero-order valence-electron chi connectivity index (χ0n) is 8.31. The Hall–Kier alpha value is -1.75. The smallest absolute Gasteiger partial charge is 0.149 e. The monoisotopic (exact) mass is 206 g/mol. The summed E-state index contributed by atoms with van der Waals surface area (Å²) >= 11 is 0. The lowest BCUT2D eigenvalue weighted by atomic mass is 10.2. The third-order valence-corrected chi connectivity index (χ3v) is 2.23. The molecule has 2 aromatic rings. The van der Waals surface area contributed by atoms with Crippen LogP contribution in [-0.4, -0.2) is 15.0 Å². The number of halogens is 1. The molecule has 0 spiro atoms. The number of aromatic nitrogens is 3. The Morgan fingerprint density at radius 2 is 2.27 bits per heavy atom. The highest BCUT2D eigenvalue weighted by Gasteiger charge is 2.11. The maximum atomic E-state index is 13.6. The molecule has 0 atom stereocenters. The summed E-state index contributed by atoms with van der Waals surface area (Å²) in [5.41, 5.74) is 7.41. The molecule has 1 aromatic carbocycles. The van der Waals surface area contributed by atoms with Gasteiger partial charge in [0.1, 0.15) is 11.5 Å². The molecule has 0 bridgehead atoms. The number of nitrogens with two attached hydrogens (primary N) is 1. The largest absolute Gasteiger partial charge is 0.325 e. The van der Waals surface area contributed by atoms with Crippen LogP contribution in [0.5, 0.6) is 0 Å². The average Bonchev–Trinajstić information content (AvgIpc) is 2.65. The maximum absolute atomic E-state index is 13.6. The minimum absolute atomic E-state index is 0.279. The lowest BCUT2D eigenvalue weighted by molar-refractivity contribution is 0.600. The van der Waals surface area contributed by atoms with Gasteiger partial charge in [0.25, 0.3) is 0 Å². The van der Waals surface area contributed by atoms with Crippen LogP contribution in [-0.2, 0) is 6.54 Å². The molecular formula is C10H11FN4. The van der Waals surface area contributed by atoms with Crippen LogP contribution in [0.3, 0.4) is 0 Å². The summed E-state index contributed by atoms with van der Waals surface area (Å²) in [4.78, 5) is 0. The van der Waals surface area contributed by atoms with E-state index in [1.54, 1.807) is 6.07 Å². The number of hydrogen-bond acceptors (Lipinski definition) is 3. The van der Waals surface area contributed by atoms with Gasteiger partial charge in [-0.2, -0.15) is 0 Å². The number of aryl methyl sites for hydroxylation is 1. The number of para-hydroxylation sites is 1. The van der Waals surface area contributed by atoms with Crippen molar-refractivity contribution in [2.75, 3.05) is 0 Å². The molecule has 2 N–H and O–H groups in total. The molecule has 0 aliphatic carbocycles. The molecule has 0 radical (unpaired) electrons. The van der Waals surface area contributed by atoms with Crippen molar-refractivity contribution in [3.63, 3.8) is 0 Å². The quantitative estimate of drug-likeness (QED) is 0.802. The summed E-state index contributed by atoms with van der Waals surface area (Å²) in [6, 6.07) is 4.87. The lowest BCUT2D eigenvalue weighted by Crippen LogP contribution is -2.09. The van der Waals surface area contributed by atoms with Crippen molar-refractivity contribution in [3.05, 3.63) is 41.5 Å². The van der Waals surface area contributed by atoms with Crippen molar-refractivity contribution in [2.24, 2.45) is 5.73 Å². The second-order valence-electron chi connectivity index (χ2n) is 3.25. The third kappa shape index (κ3) is 1.61. The van der Waals surface area contributed by atoms with Crippen molar-refractivity contribution in [3.8, 4) is 5.69 Å². The van der Waals surface area contributed by atoms with E-state index in [1.165, 1.54) is 16.9 Å². The predicted octanol–water partition coefficient (Wildman–Crippen LogP) is 1.17. The molecule has 1 heterocycles. The van der Waals surface area contributed by atoms with Crippen LogP contribution in [0, 0.1) is 12.7 Å². The Labute approximate surface area is 86.5 Å². The third-order valence-electron chi connectivity index (χ3n) is 2.23. The Bertz CT molecular complexity index is 458. The first-order valence-corrected chi connectivity index (χ1v) is 4.59. The second-order valence-corrected chi connectivity index (χ2v) is 3.25. The number of hydrogen-bond donors (Lipinski definition) is 1. The van der Waals surface area contributed by atoms with Crippen molar-refractivity contribution in [2.45, 2.75) is 13.5 Å². The number of nitrogens with zero attached hydrogens (tertiary/aromatic N) is 3. The van der Waals surface area contributed by atoms with Gasteiger partial charge in [-0.15, -0.1) is 5.10 Å². The fourth-order valence-corrected chi connectivity index (χ4v) is 1.48. The summed E-state index contributed by atoms with van der Waals surface area (Å²) in [5.74, 6) is -0.324. The lowest BCUT2D eigenvalue weighted by Gasteiger charge is -2.08. The van der Waals surface area contributed by atoms with E-state index >= 15 is 0 Å². The molecule has 2 rings (SSSR count). The number of rotatable bonds is 2. The Balaban J connectivity index is 2.63. The van der Waals surface area contributed by atoms with Crippen LogP contribution in [0.2, 0.25) is 0 Å². The van der Waals surface area contributed by atoms with E-state index in [0.29, 0.717) is 11.4 Å². The molecule has 0 saturated carbocycles. The minimum atomic E-state index is -0.324. The van der Waals surface area contributed by atoms with Gasteiger partial charge in [0.15, 0.2) is 0 Å². The molecule has 0 aliphatic rings. The van der Waals surface area contributed by atoms with Crippen LogP contribution in [0.1, 0.15) is 11.3 Å². The van der Waals surface area contributed by atoms with Gasteiger partial charge in [-0.1, -0.05) is 17.3 Å². The maximum Gasteiger partial charge on any atom is 0.149 e. The van der Waals surface area contributed by atoms with Gasteiger partial charge >= 0.3 is 0 Å². The molecular weight excluding hydrogens is 195 g/mol. The highest BCUT2D eigenvalue weighted by molar-refractivity contribution is 5.41. The zero-order chi connectivity index (χ0) is 10.8. The molecule has 0 unspecified atom stereocenters. The van der Waals surface area contributed by atoms with Crippen LogP contribution >= 0.6 is 0 Å². The molecule has 0 aliphatic heterocycles. The molecule has 15 heavy (non-hydrogen) atoms. The van der Waals surface area contributed by atoms with E-state index in [9.17, 15) is 4.39 Å². The summed E-state index contributed by atoms with van der Waals surface area (Å²) in [6.07, 6.45) is 1.53. The molecule has 78 valence electrons. The van der Waals surface area contributed by atoms with Gasteiger partial charge < -0.3 is 5.73 Å². The van der Waals surface area contributed by atoms with Gasteiger partial charge in [0.2, 0.25) is 0 Å². The minimum Gasteiger partial charge on any atom is -0.325 e. The summed E-state index contributed by atoms with van der Waals surface area (Å²) in [6.45, 7) is 2.10. The van der Waals surface area contributed by atoms with E-state index in [-0.39, 0.29) is 12.4 Å². The zero-order valence-corrected chi connectivity index (χ0v) is 8.31. The molecule has 0 amide bonds. The SMILES string of the molecule is Cc1cccc(F)c1-n1nncc1CN. The van der Waals surface area contributed by atoms with E-state index < -0.39 is 0 Å². The number of benzene rings is 1. The van der Waals surface area contributed by atoms with Crippen molar-refractivity contribution in [1.82, 2.24) is 15.0 Å². The van der Waals surface area contributed by atoms with E-state index in [2.05, 4.69) is 10.3 Å². The van der Waals surface area contributed by atoms with Crippen molar-refractivity contribution in [1.29, 1.82) is 0 Å². The summed E-state index contributed by atoms with van der Waals surface area (Å²) in [5, 5.41) is 7.54. The Morgan fingerprint density at radius 3 is 2.93 bits per heavy atom. The molecule has 0 fully saturated rings. The fraction of sp³-hybridized carbons (Fsp3) is 0.200. The van der Waals surface area contributed by atoms with Gasteiger partial charge in [0.05, 0.1) is 11.9 Å². The van der Waals surface area contributed by atoms with Gasteiger partial charge in [-0.25, -0.2) is 9.07 Å². The van der Waals surface area contributed by atoms with Crippen molar-refractivity contribution >= 4 is 0 Å². The Kier molecular flexibility index (Phi) is 2.47. The van der Waals surface area contributed by atoms with Crippen LogP contribution in [0.15, 0.2) is 24.4 Å². The molecule has 1 aromatic heterocycles. The first kappa shape index (κ1) is 9.79. The summed E-state index contributed by atoms with van der Waals surface area (Å²) in [7, 11) is 0. The highest BCUT2D eigenvalue weighted by Crippen LogP contribution is 2.18. The first-order chi connectivity index (χ1) is 7.24. The van der Waals surface area contributed by atoms with Gasteiger partial charge in [0, 0.05) is 6.54 Å². The fourth-order valence-electron chi connectivity index (χ4n) is 1.48. The molecule has 4 nitrogen and oxygen atoms in total. The second kappa shape index (κ2) is 3.78. The average molecular weight is 206 g/mol. The van der Waals surface area contributed by atoms with E-state index in [4.69, 9.17) is 5.73 Å². The first-order valence-electron chi connectivity index (χ1n) is 4.59. The van der Waals surface area contributed by atoms with Crippen LogP contribution in [0.25, 0.3) is 5.69 Å². The van der Waals surface area contributed by atoms with Crippen molar-refractivity contribution < 1.29 is 4.39 Å². The summed E-state index contributed by atoms with van der Waals surface area (Å²) < 4.78 is 15.0. The van der Waals surface area contributed by atoms with E-state index in [0.717, 1.165) is 5.56 Å². The highest BCUT2D eigenvalue weighted by atomic mass is 19.1. The normalized spacial score (nSPS) is 10.6. The topological polar surface area (TPSA) is 56.7 Å². The molecule has 5 heteroatoms. The van der Waals surface area contributed by atoms with Gasteiger partial charge in [-0.3, -0.25) is 0 Å². The standard InChI is InChI=1S/C10H11FN4/c1-7-3-2-4-9(11)10(7)15-8(5-12)6-13-14-15/h2-4,6H,5,12H2,1H3. The predicted molar refractivity (Wildman–Crippen MR) is 53.9 cm³/mol.